The standard InChI is InChI=1S/C13H21N2/c1-3-5-7-9-13-11-14-12(10-15-13)8-6-4-2/h10-11H,2-9H2,1H3. The first-order valence-corrected chi connectivity index (χ1v) is 5.96. The molecule has 2 heteroatoms. The summed E-state index contributed by atoms with van der Waals surface area (Å²) < 4.78 is 0. The first-order valence-electron chi connectivity index (χ1n) is 5.96. The van der Waals surface area contributed by atoms with E-state index in [2.05, 4.69) is 23.8 Å². The molecule has 0 amide bonds. The molecule has 0 unspecified atom stereocenters. The fourth-order valence-corrected chi connectivity index (χ4v) is 1.50. The minimum Gasteiger partial charge on any atom is -0.258 e. The van der Waals surface area contributed by atoms with Crippen LogP contribution in [0.2, 0.25) is 0 Å². The van der Waals surface area contributed by atoms with E-state index in [1.54, 1.807) is 0 Å². The van der Waals surface area contributed by atoms with E-state index in [4.69, 9.17) is 0 Å². The summed E-state index contributed by atoms with van der Waals surface area (Å²) in [6, 6.07) is 0. The van der Waals surface area contributed by atoms with Gasteiger partial charge in [-0.2, -0.15) is 0 Å². The van der Waals surface area contributed by atoms with Crippen LogP contribution in [0.15, 0.2) is 12.4 Å². The molecule has 1 rings (SSSR count). The van der Waals surface area contributed by atoms with E-state index >= 15 is 0 Å². The van der Waals surface area contributed by atoms with Crippen LogP contribution in [-0.2, 0) is 12.8 Å². The molecule has 15 heavy (non-hydrogen) atoms. The number of hydrogen-bond donors (Lipinski definition) is 0. The lowest BCUT2D eigenvalue weighted by Crippen LogP contribution is -1.96. The molecular weight excluding hydrogens is 184 g/mol. The van der Waals surface area contributed by atoms with Crippen molar-refractivity contribution in [1.82, 2.24) is 9.97 Å². The summed E-state index contributed by atoms with van der Waals surface area (Å²) >= 11 is 0. The molecule has 0 fully saturated rings. The fourth-order valence-electron chi connectivity index (χ4n) is 1.50. The van der Waals surface area contributed by atoms with Gasteiger partial charge in [-0.3, -0.25) is 9.97 Å². The van der Waals surface area contributed by atoms with Crippen molar-refractivity contribution in [3.63, 3.8) is 0 Å². The van der Waals surface area contributed by atoms with Crippen molar-refractivity contribution < 1.29 is 0 Å². The molecule has 2 nitrogen and oxygen atoms in total. The Kier molecular flexibility index (Phi) is 5.98. The zero-order valence-corrected chi connectivity index (χ0v) is 9.71. The van der Waals surface area contributed by atoms with Gasteiger partial charge in [-0.15, -0.1) is 0 Å². The van der Waals surface area contributed by atoms with Gasteiger partial charge >= 0.3 is 0 Å². The van der Waals surface area contributed by atoms with Crippen molar-refractivity contribution in [3.8, 4) is 0 Å². The Bertz CT molecular complexity index is 254. The topological polar surface area (TPSA) is 25.8 Å². The van der Waals surface area contributed by atoms with E-state index in [9.17, 15) is 0 Å². The van der Waals surface area contributed by atoms with Crippen LogP contribution >= 0.6 is 0 Å². The summed E-state index contributed by atoms with van der Waals surface area (Å²) in [5.74, 6) is 0. The highest BCUT2D eigenvalue weighted by atomic mass is 14.8. The number of unbranched alkanes of at least 4 members (excludes halogenated alkanes) is 3. The van der Waals surface area contributed by atoms with Crippen LogP contribution in [0.3, 0.4) is 0 Å². The van der Waals surface area contributed by atoms with E-state index in [0.717, 1.165) is 37.1 Å². The van der Waals surface area contributed by atoms with Crippen LogP contribution < -0.4 is 0 Å². The molecule has 83 valence electrons. The highest BCUT2D eigenvalue weighted by Gasteiger charge is 1.97. The van der Waals surface area contributed by atoms with Crippen LogP contribution in [0.25, 0.3) is 0 Å². The lowest BCUT2D eigenvalue weighted by Gasteiger charge is -2.01. The summed E-state index contributed by atoms with van der Waals surface area (Å²) in [6.07, 6.45) is 11.8. The number of hydrogen-bond acceptors (Lipinski definition) is 2. The Balaban J connectivity index is 2.35. The molecule has 0 aliphatic carbocycles. The molecule has 0 N–H and O–H groups in total. The minimum absolute atomic E-state index is 0.972. The minimum atomic E-state index is 0.972. The van der Waals surface area contributed by atoms with Gasteiger partial charge in [0, 0.05) is 12.4 Å². The zero-order valence-electron chi connectivity index (χ0n) is 9.71. The van der Waals surface area contributed by atoms with Gasteiger partial charge in [0.15, 0.2) is 0 Å². The van der Waals surface area contributed by atoms with Crippen molar-refractivity contribution in [3.05, 3.63) is 30.7 Å². The van der Waals surface area contributed by atoms with Crippen molar-refractivity contribution in [2.45, 2.75) is 51.9 Å². The van der Waals surface area contributed by atoms with Crippen LogP contribution in [0, 0.1) is 6.92 Å². The van der Waals surface area contributed by atoms with E-state index < -0.39 is 0 Å². The van der Waals surface area contributed by atoms with Gasteiger partial charge < -0.3 is 0 Å². The van der Waals surface area contributed by atoms with Crippen LogP contribution in [0.5, 0.6) is 0 Å². The van der Waals surface area contributed by atoms with Crippen molar-refractivity contribution >= 4 is 0 Å². The third-order valence-corrected chi connectivity index (χ3v) is 2.48. The molecule has 0 aliphatic heterocycles. The number of aromatic nitrogens is 2. The lowest BCUT2D eigenvalue weighted by molar-refractivity contribution is 0.701. The molecule has 0 spiro atoms. The average Bonchev–Trinajstić information content (AvgIpc) is 2.28. The summed E-state index contributed by atoms with van der Waals surface area (Å²) in [4.78, 5) is 8.83. The summed E-state index contributed by atoms with van der Waals surface area (Å²) in [6.45, 7) is 6.04. The summed E-state index contributed by atoms with van der Waals surface area (Å²) in [7, 11) is 0. The molecule has 0 aromatic carbocycles. The second-order valence-corrected chi connectivity index (χ2v) is 3.91. The normalized spacial score (nSPS) is 10.5. The zero-order chi connectivity index (χ0) is 10.9. The molecule has 1 radical (unpaired) electrons. The second-order valence-electron chi connectivity index (χ2n) is 3.91. The van der Waals surface area contributed by atoms with E-state index in [1.165, 1.54) is 19.3 Å². The second kappa shape index (κ2) is 7.38. The summed E-state index contributed by atoms with van der Waals surface area (Å²) in [5, 5.41) is 0. The largest absolute Gasteiger partial charge is 0.258 e. The number of nitrogens with zero attached hydrogens (tertiary/aromatic N) is 2. The Morgan fingerprint density at radius 3 is 2.07 bits per heavy atom. The molecule has 1 aromatic heterocycles. The Labute approximate surface area is 93.2 Å². The van der Waals surface area contributed by atoms with Gasteiger partial charge in [0.05, 0.1) is 11.4 Å². The van der Waals surface area contributed by atoms with Gasteiger partial charge in [-0.05, 0) is 25.7 Å². The SMILES string of the molecule is [CH2]CCCc1cnc(CCCCC)cn1. The van der Waals surface area contributed by atoms with Gasteiger partial charge in [0.25, 0.3) is 0 Å². The fraction of sp³-hybridized carbons (Fsp3) is 0.615. The quantitative estimate of drug-likeness (QED) is 0.638. The molecule has 0 atom stereocenters. The predicted octanol–water partition coefficient (Wildman–Crippen LogP) is 3.37. The third-order valence-electron chi connectivity index (χ3n) is 2.48. The van der Waals surface area contributed by atoms with Crippen LogP contribution in [-0.4, -0.2) is 9.97 Å². The Morgan fingerprint density at radius 1 is 1.00 bits per heavy atom. The number of aryl methyl sites for hydroxylation is 2. The predicted molar refractivity (Wildman–Crippen MR) is 63.6 cm³/mol. The molecule has 1 aromatic rings. The van der Waals surface area contributed by atoms with Crippen LogP contribution in [0.4, 0.5) is 0 Å². The highest BCUT2D eigenvalue weighted by Crippen LogP contribution is 2.05. The maximum Gasteiger partial charge on any atom is 0.0586 e. The van der Waals surface area contributed by atoms with Crippen molar-refractivity contribution in [2.24, 2.45) is 0 Å². The van der Waals surface area contributed by atoms with Crippen molar-refractivity contribution in [2.75, 3.05) is 0 Å². The van der Waals surface area contributed by atoms with E-state index in [1.807, 2.05) is 12.4 Å². The molecule has 1 heterocycles. The lowest BCUT2D eigenvalue weighted by atomic mass is 10.1. The smallest absolute Gasteiger partial charge is 0.0586 e. The first kappa shape index (κ1) is 12.2. The van der Waals surface area contributed by atoms with Crippen LogP contribution in [0.1, 0.15) is 50.4 Å². The Morgan fingerprint density at radius 2 is 1.60 bits per heavy atom. The van der Waals surface area contributed by atoms with E-state index in [-0.39, 0.29) is 0 Å². The molecule has 0 saturated heterocycles. The maximum absolute atomic E-state index is 4.42. The number of rotatable bonds is 7. The average molecular weight is 205 g/mol. The van der Waals surface area contributed by atoms with E-state index in [0.29, 0.717) is 0 Å². The Hall–Kier alpha value is -0.920. The van der Waals surface area contributed by atoms with Gasteiger partial charge in [-0.25, -0.2) is 0 Å². The third kappa shape index (κ3) is 4.91. The van der Waals surface area contributed by atoms with Gasteiger partial charge in [-0.1, -0.05) is 33.1 Å². The molecule has 0 saturated carbocycles. The first-order chi connectivity index (χ1) is 7.36. The molecule has 0 bridgehead atoms. The molecule has 0 aliphatic rings. The van der Waals surface area contributed by atoms with Gasteiger partial charge in [0.2, 0.25) is 0 Å². The summed E-state index contributed by atoms with van der Waals surface area (Å²) in [5.41, 5.74) is 2.22. The van der Waals surface area contributed by atoms with Crippen molar-refractivity contribution in [1.29, 1.82) is 0 Å². The monoisotopic (exact) mass is 205 g/mol. The molecular formula is C13H21N2. The highest BCUT2D eigenvalue weighted by molar-refractivity contribution is 5.02. The van der Waals surface area contributed by atoms with Gasteiger partial charge in [0.1, 0.15) is 0 Å². The maximum atomic E-state index is 4.42.